The van der Waals surface area contributed by atoms with E-state index in [1.54, 1.807) is 30.9 Å². The molecule has 154 valence electrons. The van der Waals surface area contributed by atoms with Crippen molar-refractivity contribution in [1.29, 1.82) is 0 Å². The van der Waals surface area contributed by atoms with Gasteiger partial charge in [-0.2, -0.15) is 0 Å². The Balaban J connectivity index is 1.61. The number of hydrogen-bond donors (Lipinski definition) is 1. The summed E-state index contributed by atoms with van der Waals surface area (Å²) < 4.78 is 11.3. The van der Waals surface area contributed by atoms with Crippen LogP contribution in [0.25, 0.3) is 0 Å². The highest BCUT2D eigenvalue weighted by Gasteiger charge is 2.38. The van der Waals surface area contributed by atoms with Crippen LogP contribution < -0.4 is 5.56 Å². The summed E-state index contributed by atoms with van der Waals surface area (Å²) in [6.45, 7) is 7.57. The van der Waals surface area contributed by atoms with Gasteiger partial charge in [0.1, 0.15) is 11.5 Å². The topological polar surface area (TPSA) is 95.8 Å². The van der Waals surface area contributed by atoms with Gasteiger partial charge in [-0.05, 0) is 32.9 Å². The lowest BCUT2D eigenvalue weighted by Gasteiger charge is -2.31. The lowest BCUT2D eigenvalue weighted by molar-refractivity contribution is 0.0380. The third-order valence-corrected chi connectivity index (χ3v) is 5.51. The fraction of sp³-hybridized carbons (Fsp3) is 0.476. The van der Waals surface area contributed by atoms with Gasteiger partial charge >= 0.3 is 0 Å². The first-order chi connectivity index (χ1) is 13.8. The monoisotopic (exact) mass is 399 g/mol. The molecule has 4 heterocycles. The molecule has 1 N–H and O–H groups in total. The number of furan rings is 1. The molecule has 2 fully saturated rings. The maximum absolute atomic E-state index is 13.2. The summed E-state index contributed by atoms with van der Waals surface area (Å²) in [5.74, 6) is 1.01. The molecule has 0 aromatic carbocycles. The molecule has 0 saturated carbocycles. The first-order valence-corrected chi connectivity index (χ1v) is 9.78. The maximum atomic E-state index is 13.2. The van der Waals surface area contributed by atoms with E-state index in [1.807, 2.05) is 11.8 Å². The summed E-state index contributed by atoms with van der Waals surface area (Å²) in [7, 11) is 0. The second-order valence-corrected chi connectivity index (χ2v) is 7.97. The van der Waals surface area contributed by atoms with Gasteiger partial charge in [-0.3, -0.25) is 14.4 Å². The van der Waals surface area contributed by atoms with Crippen molar-refractivity contribution in [1.82, 2.24) is 14.8 Å². The Morgan fingerprint density at radius 3 is 2.52 bits per heavy atom. The molecule has 2 atom stereocenters. The Hall–Kier alpha value is -2.87. The van der Waals surface area contributed by atoms with E-state index in [0.717, 1.165) is 0 Å². The summed E-state index contributed by atoms with van der Waals surface area (Å²) in [5.41, 5.74) is 1.26. The van der Waals surface area contributed by atoms with E-state index in [4.69, 9.17) is 9.15 Å². The quantitative estimate of drug-likeness (QED) is 0.826. The highest BCUT2D eigenvalue weighted by molar-refractivity contribution is 5.96. The Kier molecular flexibility index (Phi) is 5.04. The number of aromatic amines is 1. The van der Waals surface area contributed by atoms with Gasteiger partial charge in [-0.15, -0.1) is 0 Å². The minimum Gasteiger partial charge on any atom is -0.466 e. The van der Waals surface area contributed by atoms with Crippen LogP contribution in [-0.4, -0.2) is 65.5 Å². The van der Waals surface area contributed by atoms with E-state index >= 15 is 0 Å². The number of carbonyl (C=O) groups is 2. The van der Waals surface area contributed by atoms with Gasteiger partial charge in [0.25, 0.3) is 11.8 Å². The lowest BCUT2D eigenvalue weighted by Crippen LogP contribution is -2.48. The smallest absolute Gasteiger partial charge is 0.257 e. The van der Waals surface area contributed by atoms with Crippen molar-refractivity contribution in [2.75, 3.05) is 32.8 Å². The number of fused-ring (bicyclic) bond motifs is 3. The fourth-order valence-corrected chi connectivity index (χ4v) is 4.24. The molecule has 0 aliphatic carbocycles. The second kappa shape index (κ2) is 7.51. The lowest BCUT2D eigenvalue weighted by atomic mass is 10.1. The van der Waals surface area contributed by atoms with Gasteiger partial charge in [0.15, 0.2) is 0 Å². The van der Waals surface area contributed by atoms with Gasteiger partial charge in [-0.1, -0.05) is 0 Å². The van der Waals surface area contributed by atoms with Crippen LogP contribution in [0, 0.1) is 26.7 Å². The molecular weight excluding hydrogens is 374 g/mol. The van der Waals surface area contributed by atoms with Crippen LogP contribution in [0.5, 0.6) is 0 Å². The maximum Gasteiger partial charge on any atom is 0.257 e. The summed E-state index contributed by atoms with van der Waals surface area (Å²) in [6, 6.07) is 4.51. The molecule has 29 heavy (non-hydrogen) atoms. The van der Waals surface area contributed by atoms with E-state index in [9.17, 15) is 14.4 Å². The molecule has 2 aromatic rings. The normalized spacial score (nSPS) is 21.8. The van der Waals surface area contributed by atoms with Crippen LogP contribution >= 0.6 is 0 Å². The van der Waals surface area contributed by atoms with Crippen LogP contribution in [0.1, 0.15) is 37.9 Å². The number of H-pyrrole nitrogens is 1. The van der Waals surface area contributed by atoms with E-state index in [0.29, 0.717) is 61.2 Å². The molecule has 2 aromatic heterocycles. The van der Waals surface area contributed by atoms with Gasteiger partial charge < -0.3 is 23.9 Å². The zero-order valence-corrected chi connectivity index (χ0v) is 16.9. The average molecular weight is 399 g/mol. The van der Waals surface area contributed by atoms with Crippen molar-refractivity contribution in [3.05, 3.63) is 56.9 Å². The Labute approximate surface area is 168 Å². The number of pyridine rings is 1. The predicted molar refractivity (Wildman–Crippen MR) is 105 cm³/mol. The van der Waals surface area contributed by atoms with Crippen molar-refractivity contribution in [2.45, 2.75) is 26.8 Å². The number of ether oxygens (including phenoxy) is 1. The van der Waals surface area contributed by atoms with Crippen molar-refractivity contribution in [2.24, 2.45) is 5.92 Å². The molecule has 2 aliphatic heterocycles. The first-order valence-electron chi connectivity index (χ1n) is 9.78. The van der Waals surface area contributed by atoms with Crippen molar-refractivity contribution in [3.8, 4) is 0 Å². The largest absolute Gasteiger partial charge is 0.466 e. The third kappa shape index (κ3) is 3.85. The average Bonchev–Trinajstić information content (AvgIpc) is 2.81. The van der Waals surface area contributed by atoms with Crippen LogP contribution in [0.2, 0.25) is 0 Å². The molecular formula is C21H25N3O5. The second-order valence-electron chi connectivity index (χ2n) is 7.97. The Bertz CT molecular complexity index is 1010. The first kappa shape index (κ1) is 19.4. The Morgan fingerprint density at radius 1 is 1.03 bits per heavy atom. The number of aromatic nitrogens is 1. The minimum atomic E-state index is -0.297. The third-order valence-electron chi connectivity index (χ3n) is 5.51. The number of carbonyl (C=O) groups excluding carboxylic acids is 2. The molecule has 4 rings (SSSR count). The van der Waals surface area contributed by atoms with Gasteiger partial charge in [0, 0.05) is 42.9 Å². The van der Waals surface area contributed by atoms with Crippen LogP contribution in [0.15, 0.2) is 27.4 Å². The SMILES string of the molecule is Cc1cc(C(=O)N2C[C@@H]3COC[C@H](C2)N(C(=O)c2cc(C)oc2C)C3)cc(=O)[nH]1. The molecule has 2 bridgehead atoms. The molecule has 0 spiro atoms. The van der Waals surface area contributed by atoms with E-state index in [1.165, 1.54) is 6.07 Å². The minimum absolute atomic E-state index is 0.00629. The molecule has 2 amide bonds. The fourth-order valence-electron chi connectivity index (χ4n) is 4.24. The summed E-state index contributed by atoms with van der Waals surface area (Å²) in [5, 5.41) is 0. The number of rotatable bonds is 2. The van der Waals surface area contributed by atoms with Crippen molar-refractivity contribution >= 4 is 11.8 Å². The summed E-state index contributed by atoms with van der Waals surface area (Å²) in [4.78, 5) is 44.3. The highest BCUT2D eigenvalue weighted by Crippen LogP contribution is 2.25. The highest BCUT2D eigenvalue weighted by atomic mass is 16.5. The van der Waals surface area contributed by atoms with Crippen molar-refractivity contribution in [3.63, 3.8) is 0 Å². The zero-order chi connectivity index (χ0) is 20.7. The number of amides is 2. The van der Waals surface area contributed by atoms with Crippen LogP contribution in [0.4, 0.5) is 0 Å². The summed E-state index contributed by atoms with van der Waals surface area (Å²) in [6.07, 6.45) is 0. The molecule has 0 radical (unpaired) electrons. The molecule has 0 unspecified atom stereocenters. The number of nitrogens with one attached hydrogen (secondary N) is 1. The molecule has 2 aliphatic rings. The number of aryl methyl sites for hydroxylation is 3. The van der Waals surface area contributed by atoms with Gasteiger partial charge in [0.2, 0.25) is 5.56 Å². The van der Waals surface area contributed by atoms with Crippen LogP contribution in [0.3, 0.4) is 0 Å². The number of hydrogen-bond acceptors (Lipinski definition) is 5. The molecule has 2 saturated heterocycles. The number of nitrogens with zero attached hydrogens (tertiary/aromatic N) is 2. The zero-order valence-electron chi connectivity index (χ0n) is 16.9. The predicted octanol–water partition coefficient (Wildman–Crippen LogP) is 1.51. The molecule has 8 nitrogen and oxygen atoms in total. The summed E-state index contributed by atoms with van der Waals surface area (Å²) >= 11 is 0. The van der Waals surface area contributed by atoms with Gasteiger partial charge in [0.05, 0.1) is 24.8 Å². The van der Waals surface area contributed by atoms with E-state index in [-0.39, 0.29) is 29.3 Å². The van der Waals surface area contributed by atoms with E-state index < -0.39 is 0 Å². The van der Waals surface area contributed by atoms with Crippen LogP contribution in [-0.2, 0) is 4.74 Å². The van der Waals surface area contributed by atoms with E-state index in [2.05, 4.69) is 4.98 Å². The van der Waals surface area contributed by atoms with Gasteiger partial charge in [-0.25, -0.2) is 0 Å². The van der Waals surface area contributed by atoms with Crippen molar-refractivity contribution < 1.29 is 18.7 Å². The molecule has 8 heteroatoms. The standard InChI is InChI=1S/C21H25N3O5/c1-12-4-16(6-19(25)22-12)20(26)23-7-15-8-24(17(9-23)11-28-10-15)21(27)18-5-13(2)29-14(18)3/h4-6,15,17H,7-11H2,1-3H3,(H,22,25)/t15-,17-/m0/s1. The Morgan fingerprint density at radius 2 is 1.83 bits per heavy atom.